The van der Waals surface area contributed by atoms with Crippen molar-refractivity contribution in [1.82, 2.24) is 4.98 Å². The molecule has 0 fully saturated rings. The Morgan fingerprint density at radius 3 is 3.00 bits per heavy atom. The number of fused-ring (bicyclic) bond motifs is 1. The molecule has 3 nitrogen and oxygen atoms in total. The second-order valence-electron chi connectivity index (χ2n) is 4.23. The highest BCUT2D eigenvalue weighted by Gasteiger charge is 2.13. The summed E-state index contributed by atoms with van der Waals surface area (Å²) in [4.78, 5) is 4.55. The van der Waals surface area contributed by atoms with Gasteiger partial charge in [-0.3, -0.25) is 0 Å². The number of para-hydroxylation sites is 1. The van der Waals surface area contributed by atoms with Gasteiger partial charge in [0.25, 0.3) is 0 Å². The van der Waals surface area contributed by atoms with Crippen LogP contribution in [0.5, 0.6) is 0 Å². The minimum absolute atomic E-state index is 0.0214. The van der Waals surface area contributed by atoms with E-state index in [9.17, 15) is 0 Å². The Balaban J connectivity index is 2.01. The topological polar surface area (TPSA) is 52.0 Å². The fourth-order valence-corrected chi connectivity index (χ4v) is 2.75. The van der Waals surface area contributed by atoms with Gasteiger partial charge in [-0.2, -0.15) is 0 Å². The van der Waals surface area contributed by atoms with Crippen molar-refractivity contribution in [2.75, 3.05) is 0 Å². The van der Waals surface area contributed by atoms with Gasteiger partial charge in [-0.25, -0.2) is 4.98 Å². The predicted molar refractivity (Wildman–Crippen MR) is 74.5 cm³/mol. The number of thiazole rings is 1. The number of furan rings is 1. The van der Waals surface area contributed by atoms with Gasteiger partial charge in [0.2, 0.25) is 0 Å². The van der Waals surface area contributed by atoms with E-state index in [0.717, 1.165) is 33.9 Å². The van der Waals surface area contributed by atoms with Crippen LogP contribution >= 0.6 is 11.3 Å². The summed E-state index contributed by atoms with van der Waals surface area (Å²) in [5.74, 6) is 0.807. The van der Waals surface area contributed by atoms with Gasteiger partial charge in [0.05, 0.1) is 6.04 Å². The first-order chi connectivity index (χ1) is 8.78. The number of hydrogen-bond acceptors (Lipinski definition) is 4. The van der Waals surface area contributed by atoms with Crippen molar-refractivity contribution in [1.29, 1.82) is 0 Å². The first kappa shape index (κ1) is 11.4. The molecule has 0 saturated heterocycles. The molecule has 2 heterocycles. The molecule has 0 aliphatic rings. The van der Waals surface area contributed by atoms with Gasteiger partial charge < -0.3 is 10.2 Å². The number of hydrogen-bond donors (Lipinski definition) is 1. The standard InChI is InChI=1S/C14H14N2OS/c1-2-10(15)14-16-11(8-18-14)13-7-9-5-3-4-6-12(9)17-13/h3-8,10H,2,15H2,1H3. The van der Waals surface area contributed by atoms with Gasteiger partial charge >= 0.3 is 0 Å². The number of aromatic nitrogens is 1. The summed E-state index contributed by atoms with van der Waals surface area (Å²) in [5.41, 5.74) is 7.74. The third kappa shape index (κ3) is 1.94. The van der Waals surface area contributed by atoms with Crippen LogP contribution in [0.2, 0.25) is 0 Å². The van der Waals surface area contributed by atoms with E-state index < -0.39 is 0 Å². The fourth-order valence-electron chi connectivity index (χ4n) is 1.85. The van der Waals surface area contributed by atoms with E-state index in [2.05, 4.69) is 11.9 Å². The van der Waals surface area contributed by atoms with Gasteiger partial charge in [-0.05, 0) is 18.6 Å². The zero-order valence-electron chi connectivity index (χ0n) is 10.1. The van der Waals surface area contributed by atoms with E-state index >= 15 is 0 Å². The van der Waals surface area contributed by atoms with Crippen molar-refractivity contribution in [3.8, 4) is 11.5 Å². The molecule has 0 aliphatic carbocycles. The Bertz CT molecular complexity index is 638. The molecule has 1 unspecified atom stereocenters. The Hall–Kier alpha value is -1.65. The summed E-state index contributed by atoms with van der Waals surface area (Å²) in [6.07, 6.45) is 0.896. The molecule has 0 amide bonds. The summed E-state index contributed by atoms with van der Waals surface area (Å²) in [5, 5.41) is 4.07. The number of nitrogens with zero attached hydrogens (tertiary/aromatic N) is 1. The maximum absolute atomic E-state index is 5.98. The lowest BCUT2D eigenvalue weighted by molar-refractivity contribution is 0.627. The normalized spacial score (nSPS) is 13.0. The molecule has 0 saturated carbocycles. The SMILES string of the molecule is CCC(N)c1nc(-c2cc3ccccc3o2)cs1. The predicted octanol–water partition coefficient (Wildman–Crippen LogP) is 3.97. The molecule has 18 heavy (non-hydrogen) atoms. The summed E-state index contributed by atoms with van der Waals surface area (Å²) in [6.45, 7) is 2.06. The van der Waals surface area contributed by atoms with Crippen LogP contribution in [0.4, 0.5) is 0 Å². The van der Waals surface area contributed by atoms with Crippen molar-refractivity contribution in [3.63, 3.8) is 0 Å². The highest BCUT2D eigenvalue weighted by atomic mass is 32.1. The maximum Gasteiger partial charge on any atom is 0.154 e. The molecule has 0 spiro atoms. The maximum atomic E-state index is 5.98. The van der Waals surface area contributed by atoms with Gasteiger partial charge in [0.15, 0.2) is 5.76 Å². The molecule has 0 radical (unpaired) electrons. The molecule has 92 valence electrons. The molecule has 0 aliphatic heterocycles. The lowest BCUT2D eigenvalue weighted by atomic mass is 10.2. The van der Waals surface area contributed by atoms with Gasteiger partial charge in [0, 0.05) is 10.8 Å². The van der Waals surface area contributed by atoms with E-state index in [4.69, 9.17) is 10.2 Å². The minimum Gasteiger partial charge on any atom is -0.454 e. The van der Waals surface area contributed by atoms with Crippen LogP contribution in [-0.2, 0) is 0 Å². The molecule has 2 aromatic heterocycles. The van der Waals surface area contributed by atoms with Crippen molar-refractivity contribution in [2.24, 2.45) is 5.73 Å². The first-order valence-corrected chi connectivity index (χ1v) is 6.86. The van der Waals surface area contributed by atoms with E-state index in [0.29, 0.717) is 0 Å². The monoisotopic (exact) mass is 258 g/mol. The molecular formula is C14H14N2OS. The Kier molecular flexibility index (Phi) is 2.89. The molecule has 1 aromatic carbocycles. The van der Waals surface area contributed by atoms with Crippen LogP contribution < -0.4 is 5.73 Å². The summed E-state index contributed by atoms with van der Waals surface area (Å²) in [6, 6.07) is 10.0. The average Bonchev–Trinajstić information content (AvgIpc) is 3.03. The number of benzene rings is 1. The zero-order valence-corrected chi connectivity index (χ0v) is 10.9. The molecular weight excluding hydrogens is 244 g/mol. The van der Waals surface area contributed by atoms with Crippen molar-refractivity contribution < 1.29 is 4.42 Å². The summed E-state index contributed by atoms with van der Waals surface area (Å²) >= 11 is 1.59. The lowest BCUT2D eigenvalue weighted by Crippen LogP contribution is -2.07. The summed E-state index contributed by atoms with van der Waals surface area (Å²) in [7, 11) is 0. The van der Waals surface area contributed by atoms with Crippen molar-refractivity contribution >= 4 is 22.3 Å². The third-order valence-electron chi connectivity index (χ3n) is 2.96. The molecule has 1 atom stereocenters. The van der Waals surface area contributed by atoms with Crippen molar-refractivity contribution in [3.05, 3.63) is 40.7 Å². The second kappa shape index (κ2) is 4.55. The van der Waals surface area contributed by atoms with Crippen LogP contribution in [0.25, 0.3) is 22.4 Å². The third-order valence-corrected chi connectivity index (χ3v) is 3.93. The van der Waals surface area contributed by atoms with Crippen LogP contribution in [0.1, 0.15) is 24.4 Å². The van der Waals surface area contributed by atoms with Gasteiger partial charge in [-0.1, -0.05) is 25.1 Å². The zero-order chi connectivity index (χ0) is 12.5. The van der Waals surface area contributed by atoms with E-state index in [1.807, 2.05) is 35.7 Å². The van der Waals surface area contributed by atoms with Crippen molar-refractivity contribution in [2.45, 2.75) is 19.4 Å². The van der Waals surface area contributed by atoms with Crippen LogP contribution in [0.15, 0.2) is 40.1 Å². The smallest absolute Gasteiger partial charge is 0.154 e. The molecule has 2 N–H and O–H groups in total. The number of rotatable bonds is 3. The lowest BCUT2D eigenvalue weighted by Gasteiger charge is -2.01. The summed E-state index contributed by atoms with van der Waals surface area (Å²) < 4.78 is 5.78. The van der Waals surface area contributed by atoms with Crippen LogP contribution in [0, 0.1) is 0 Å². The highest BCUT2D eigenvalue weighted by Crippen LogP contribution is 2.30. The molecule has 3 rings (SSSR count). The fraction of sp³-hybridized carbons (Fsp3) is 0.214. The van der Waals surface area contributed by atoms with E-state index in [1.165, 1.54) is 0 Å². The second-order valence-corrected chi connectivity index (χ2v) is 5.12. The Morgan fingerprint density at radius 2 is 2.22 bits per heavy atom. The Labute approximate surface area is 109 Å². The van der Waals surface area contributed by atoms with E-state index in [-0.39, 0.29) is 6.04 Å². The van der Waals surface area contributed by atoms with Gasteiger partial charge in [-0.15, -0.1) is 11.3 Å². The molecule has 0 bridgehead atoms. The largest absolute Gasteiger partial charge is 0.454 e. The molecule has 4 heteroatoms. The van der Waals surface area contributed by atoms with Gasteiger partial charge in [0.1, 0.15) is 16.3 Å². The van der Waals surface area contributed by atoms with Crippen LogP contribution in [0.3, 0.4) is 0 Å². The Morgan fingerprint density at radius 1 is 1.39 bits per heavy atom. The minimum atomic E-state index is 0.0214. The van der Waals surface area contributed by atoms with E-state index in [1.54, 1.807) is 11.3 Å². The quantitative estimate of drug-likeness (QED) is 0.773. The van der Waals surface area contributed by atoms with Crippen LogP contribution in [-0.4, -0.2) is 4.98 Å². The number of nitrogens with two attached hydrogens (primary N) is 1. The highest BCUT2D eigenvalue weighted by molar-refractivity contribution is 7.10. The average molecular weight is 258 g/mol. The molecule has 3 aromatic rings. The first-order valence-electron chi connectivity index (χ1n) is 5.98.